The van der Waals surface area contributed by atoms with Gasteiger partial charge >= 0.3 is 0 Å². The first kappa shape index (κ1) is 9.89. The molecular weight excluding hydrogens is 182 g/mol. The van der Waals surface area contributed by atoms with Crippen LogP contribution in [0.3, 0.4) is 0 Å². The lowest BCUT2D eigenvalue weighted by atomic mass is 9.43. The van der Waals surface area contributed by atoms with Gasteiger partial charge in [-0.25, -0.2) is 0 Å². The van der Waals surface area contributed by atoms with Crippen LogP contribution in [0, 0.1) is 22.7 Å². The van der Waals surface area contributed by atoms with Gasteiger partial charge in [-0.1, -0.05) is 13.0 Å². The Labute approximate surface area is 93.1 Å². The number of nitrogens with two attached hydrogens (primary N) is 1. The minimum Gasteiger partial charge on any atom is -0.324 e. The average molecular weight is 205 g/mol. The van der Waals surface area contributed by atoms with Gasteiger partial charge in [0.15, 0.2) is 0 Å². The summed E-state index contributed by atoms with van der Waals surface area (Å²) in [6.07, 6.45) is 10.5. The van der Waals surface area contributed by atoms with E-state index in [1.54, 1.807) is 0 Å². The normalized spacial score (nSPS) is 54.3. The largest absolute Gasteiger partial charge is 0.324 e. The molecule has 3 unspecified atom stereocenters. The van der Waals surface area contributed by atoms with Crippen LogP contribution in [0.1, 0.15) is 45.4 Å². The Morgan fingerprint density at radius 1 is 1.27 bits per heavy atom. The minimum absolute atomic E-state index is 0.239. The van der Waals surface area contributed by atoms with Crippen molar-refractivity contribution in [3.8, 4) is 0 Å². The van der Waals surface area contributed by atoms with Crippen molar-refractivity contribution in [1.29, 1.82) is 0 Å². The van der Waals surface area contributed by atoms with E-state index >= 15 is 0 Å². The van der Waals surface area contributed by atoms with E-state index in [0.717, 1.165) is 11.8 Å². The fourth-order valence-electron chi connectivity index (χ4n) is 5.44. The van der Waals surface area contributed by atoms with Gasteiger partial charge in [0, 0.05) is 6.04 Å². The summed E-state index contributed by atoms with van der Waals surface area (Å²) in [6, 6.07) is 0.239. The van der Waals surface area contributed by atoms with E-state index in [-0.39, 0.29) is 6.04 Å². The molecule has 0 radical (unpaired) electrons. The second kappa shape index (κ2) is 2.88. The van der Waals surface area contributed by atoms with Crippen LogP contribution in [-0.2, 0) is 0 Å². The molecular formula is C14H23N. The van der Waals surface area contributed by atoms with Crippen molar-refractivity contribution in [2.75, 3.05) is 0 Å². The Balaban J connectivity index is 1.95. The first-order chi connectivity index (χ1) is 7.05. The summed E-state index contributed by atoms with van der Waals surface area (Å²) in [5, 5.41) is 0. The van der Waals surface area contributed by atoms with Crippen molar-refractivity contribution in [3.05, 3.63) is 12.7 Å². The molecule has 4 bridgehead atoms. The highest BCUT2D eigenvalue weighted by molar-refractivity contribution is 5.12. The summed E-state index contributed by atoms with van der Waals surface area (Å²) >= 11 is 0. The molecule has 2 N–H and O–H groups in total. The van der Waals surface area contributed by atoms with Crippen LogP contribution >= 0.6 is 0 Å². The van der Waals surface area contributed by atoms with Crippen molar-refractivity contribution >= 4 is 0 Å². The fraction of sp³-hybridized carbons (Fsp3) is 0.857. The predicted molar refractivity (Wildman–Crippen MR) is 63.4 cm³/mol. The standard InChI is InChI=1S/C14H23N/c1-3-12(15)14-7-10-4-11(8-14)6-13(2,5-10)9-14/h3,10-12H,1,4-9,15H2,2H3. The molecule has 15 heavy (non-hydrogen) atoms. The van der Waals surface area contributed by atoms with Gasteiger partial charge in [0.1, 0.15) is 0 Å². The third kappa shape index (κ3) is 1.32. The second-order valence-electron chi connectivity index (χ2n) is 6.90. The third-order valence-corrected chi connectivity index (χ3v) is 5.36. The quantitative estimate of drug-likeness (QED) is 0.689. The van der Waals surface area contributed by atoms with Crippen LogP contribution in [0.2, 0.25) is 0 Å². The Morgan fingerprint density at radius 2 is 1.87 bits per heavy atom. The molecule has 0 heterocycles. The lowest BCUT2D eigenvalue weighted by Gasteiger charge is -2.62. The zero-order valence-corrected chi connectivity index (χ0v) is 9.84. The highest BCUT2D eigenvalue weighted by atomic mass is 14.7. The van der Waals surface area contributed by atoms with Crippen LogP contribution < -0.4 is 5.73 Å². The highest BCUT2D eigenvalue weighted by Gasteiger charge is 2.57. The Bertz CT molecular complexity index is 280. The van der Waals surface area contributed by atoms with Crippen molar-refractivity contribution in [3.63, 3.8) is 0 Å². The lowest BCUT2D eigenvalue weighted by molar-refractivity contribution is -0.106. The maximum Gasteiger partial charge on any atom is 0.0278 e. The van der Waals surface area contributed by atoms with Crippen molar-refractivity contribution in [2.24, 2.45) is 28.4 Å². The van der Waals surface area contributed by atoms with Gasteiger partial charge in [0.2, 0.25) is 0 Å². The molecule has 1 heteroatoms. The van der Waals surface area contributed by atoms with Crippen LogP contribution in [0.15, 0.2) is 12.7 Å². The van der Waals surface area contributed by atoms with E-state index in [9.17, 15) is 0 Å². The molecule has 4 saturated carbocycles. The third-order valence-electron chi connectivity index (χ3n) is 5.36. The molecule has 0 saturated heterocycles. The number of hydrogen-bond acceptors (Lipinski definition) is 1. The summed E-state index contributed by atoms with van der Waals surface area (Å²) in [4.78, 5) is 0. The van der Waals surface area contributed by atoms with Crippen molar-refractivity contribution in [2.45, 2.75) is 51.5 Å². The summed E-state index contributed by atoms with van der Waals surface area (Å²) in [7, 11) is 0. The van der Waals surface area contributed by atoms with Crippen LogP contribution in [0.4, 0.5) is 0 Å². The fourth-order valence-corrected chi connectivity index (χ4v) is 5.44. The molecule has 4 fully saturated rings. The van der Waals surface area contributed by atoms with Gasteiger partial charge in [-0.15, -0.1) is 6.58 Å². The average Bonchev–Trinajstić information content (AvgIpc) is 2.12. The second-order valence-corrected chi connectivity index (χ2v) is 6.90. The monoisotopic (exact) mass is 205 g/mol. The first-order valence-corrected chi connectivity index (χ1v) is 6.43. The maximum absolute atomic E-state index is 6.31. The van der Waals surface area contributed by atoms with E-state index in [1.807, 2.05) is 6.08 Å². The van der Waals surface area contributed by atoms with Crippen LogP contribution in [-0.4, -0.2) is 6.04 Å². The molecule has 0 aromatic carbocycles. The number of rotatable bonds is 2. The van der Waals surface area contributed by atoms with Gasteiger partial charge < -0.3 is 5.73 Å². The summed E-state index contributed by atoms with van der Waals surface area (Å²) < 4.78 is 0. The number of hydrogen-bond donors (Lipinski definition) is 1. The molecule has 0 aromatic rings. The maximum atomic E-state index is 6.31. The molecule has 0 aromatic heterocycles. The molecule has 84 valence electrons. The van der Waals surface area contributed by atoms with Gasteiger partial charge in [0.25, 0.3) is 0 Å². The molecule has 0 amide bonds. The molecule has 1 nitrogen and oxygen atoms in total. The van der Waals surface area contributed by atoms with Crippen LogP contribution in [0.5, 0.6) is 0 Å². The molecule has 4 aliphatic carbocycles. The minimum atomic E-state index is 0.239. The van der Waals surface area contributed by atoms with Gasteiger partial charge in [-0.3, -0.25) is 0 Å². The zero-order chi connectivity index (χ0) is 10.7. The van der Waals surface area contributed by atoms with E-state index in [2.05, 4.69) is 13.5 Å². The molecule has 0 spiro atoms. The van der Waals surface area contributed by atoms with E-state index in [1.165, 1.54) is 38.5 Å². The molecule has 4 aliphatic rings. The van der Waals surface area contributed by atoms with Gasteiger partial charge in [0.05, 0.1) is 0 Å². The summed E-state index contributed by atoms with van der Waals surface area (Å²) in [6.45, 7) is 6.41. The van der Waals surface area contributed by atoms with E-state index in [0.29, 0.717) is 10.8 Å². The molecule has 4 rings (SSSR count). The lowest BCUT2D eigenvalue weighted by Crippen LogP contribution is -2.57. The smallest absolute Gasteiger partial charge is 0.0278 e. The van der Waals surface area contributed by atoms with E-state index < -0.39 is 0 Å². The Kier molecular flexibility index (Phi) is 1.90. The first-order valence-electron chi connectivity index (χ1n) is 6.43. The van der Waals surface area contributed by atoms with Crippen molar-refractivity contribution in [1.82, 2.24) is 0 Å². The van der Waals surface area contributed by atoms with E-state index in [4.69, 9.17) is 5.73 Å². The molecule has 3 atom stereocenters. The summed E-state index contributed by atoms with van der Waals surface area (Å²) in [5.41, 5.74) is 7.36. The molecule has 0 aliphatic heterocycles. The topological polar surface area (TPSA) is 26.0 Å². The van der Waals surface area contributed by atoms with Gasteiger partial charge in [-0.2, -0.15) is 0 Å². The van der Waals surface area contributed by atoms with Crippen molar-refractivity contribution < 1.29 is 0 Å². The predicted octanol–water partition coefficient (Wildman–Crippen LogP) is 3.11. The Hall–Kier alpha value is -0.300. The van der Waals surface area contributed by atoms with Crippen LogP contribution in [0.25, 0.3) is 0 Å². The highest BCUT2D eigenvalue weighted by Crippen LogP contribution is 2.65. The van der Waals surface area contributed by atoms with Gasteiger partial charge in [-0.05, 0) is 61.2 Å². The Morgan fingerprint density at radius 3 is 2.33 bits per heavy atom. The summed E-state index contributed by atoms with van der Waals surface area (Å²) in [5.74, 6) is 1.95. The SMILES string of the molecule is C=CC(N)C12CC3CC(CC(C)(C3)C1)C2. The zero-order valence-electron chi connectivity index (χ0n) is 9.84.